The highest BCUT2D eigenvalue weighted by molar-refractivity contribution is 5.66. The molecule has 0 saturated heterocycles. The second-order valence-electron chi connectivity index (χ2n) is 6.01. The first-order chi connectivity index (χ1) is 8.94. The second-order valence-corrected chi connectivity index (χ2v) is 6.01. The minimum Gasteiger partial charge on any atom is -0.256 e. The lowest BCUT2D eigenvalue weighted by molar-refractivity contribution is 0.507. The molecule has 1 nitrogen and oxygen atoms in total. The lowest BCUT2D eigenvalue weighted by atomic mass is 9.78. The Morgan fingerprint density at radius 3 is 2.26 bits per heavy atom. The fourth-order valence-corrected chi connectivity index (χ4v) is 2.26. The molecule has 2 aromatic rings. The predicted octanol–water partition coefficient (Wildman–Crippen LogP) is 5.05. The third kappa shape index (κ3) is 2.86. The van der Waals surface area contributed by atoms with Gasteiger partial charge in [-0.15, -0.1) is 0 Å². The summed E-state index contributed by atoms with van der Waals surface area (Å²) in [4.78, 5) is 4.59. The summed E-state index contributed by atoms with van der Waals surface area (Å²) < 4.78 is 0. The van der Waals surface area contributed by atoms with Gasteiger partial charge in [0.2, 0.25) is 0 Å². The highest BCUT2D eigenvalue weighted by Crippen LogP contribution is 2.35. The molecule has 0 saturated carbocycles. The molecule has 1 heteroatoms. The SMILES string of the molecule is CCC(C)(C)c1cc(C)ccc1-c1ccc(C)cn1. The van der Waals surface area contributed by atoms with Crippen molar-refractivity contribution < 1.29 is 0 Å². The zero-order chi connectivity index (χ0) is 14.0. The number of aromatic nitrogens is 1. The van der Waals surface area contributed by atoms with Crippen LogP contribution in [0.2, 0.25) is 0 Å². The van der Waals surface area contributed by atoms with Crippen LogP contribution in [0, 0.1) is 13.8 Å². The summed E-state index contributed by atoms with van der Waals surface area (Å²) in [5.74, 6) is 0. The summed E-state index contributed by atoms with van der Waals surface area (Å²) in [5, 5.41) is 0. The van der Waals surface area contributed by atoms with E-state index in [4.69, 9.17) is 0 Å². The molecule has 0 aliphatic rings. The Kier molecular flexibility index (Phi) is 3.75. The summed E-state index contributed by atoms with van der Waals surface area (Å²) in [5.41, 5.74) is 6.42. The molecule has 0 bridgehead atoms. The topological polar surface area (TPSA) is 12.9 Å². The Morgan fingerprint density at radius 2 is 1.68 bits per heavy atom. The van der Waals surface area contributed by atoms with Crippen LogP contribution >= 0.6 is 0 Å². The van der Waals surface area contributed by atoms with Gasteiger partial charge in [-0.25, -0.2) is 0 Å². The average molecular weight is 253 g/mol. The summed E-state index contributed by atoms with van der Waals surface area (Å²) in [6, 6.07) is 10.9. The quantitative estimate of drug-likeness (QED) is 0.745. The van der Waals surface area contributed by atoms with Crippen LogP contribution in [0.15, 0.2) is 36.5 Å². The molecular formula is C18H23N. The van der Waals surface area contributed by atoms with Crippen LogP contribution in [0.1, 0.15) is 43.9 Å². The molecule has 0 fully saturated rings. The number of pyridine rings is 1. The average Bonchev–Trinajstić information content (AvgIpc) is 2.40. The first-order valence-corrected chi connectivity index (χ1v) is 6.98. The van der Waals surface area contributed by atoms with E-state index in [2.05, 4.69) is 69.9 Å². The van der Waals surface area contributed by atoms with Crippen molar-refractivity contribution >= 4 is 0 Å². The van der Waals surface area contributed by atoms with Gasteiger partial charge in [-0.3, -0.25) is 4.98 Å². The molecule has 1 aromatic heterocycles. The number of hydrogen-bond acceptors (Lipinski definition) is 1. The number of rotatable bonds is 3. The van der Waals surface area contributed by atoms with E-state index in [0.717, 1.165) is 12.1 Å². The lowest BCUT2D eigenvalue weighted by Crippen LogP contribution is -2.17. The van der Waals surface area contributed by atoms with E-state index in [1.54, 1.807) is 0 Å². The van der Waals surface area contributed by atoms with Gasteiger partial charge in [-0.1, -0.05) is 50.6 Å². The summed E-state index contributed by atoms with van der Waals surface area (Å²) in [7, 11) is 0. The number of aryl methyl sites for hydroxylation is 2. The smallest absolute Gasteiger partial charge is 0.0705 e. The van der Waals surface area contributed by atoms with E-state index in [1.165, 1.54) is 22.3 Å². The van der Waals surface area contributed by atoms with Crippen molar-refractivity contribution in [2.24, 2.45) is 0 Å². The molecule has 0 aliphatic carbocycles. The van der Waals surface area contributed by atoms with Gasteiger partial charge in [0.15, 0.2) is 0 Å². The van der Waals surface area contributed by atoms with Gasteiger partial charge in [0, 0.05) is 11.8 Å². The van der Waals surface area contributed by atoms with E-state index >= 15 is 0 Å². The van der Waals surface area contributed by atoms with Gasteiger partial charge in [-0.05, 0) is 42.9 Å². The number of benzene rings is 1. The first-order valence-electron chi connectivity index (χ1n) is 6.98. The normalized spacial score (nSPS) is 11.6. The molecule has 2 rings (SSSR count). The van der Waals surface area contributed by atoms with Crippen molar-refractivity contribution in [3.63, 3.8) is 0 Å². The molecule has 0 N–H and O–H groups in total. The fraction of sp³-hybridized carbons (Fsp3) is 0.389. The van der Waals surface area contributed by atoms with Crippen LogP contribution in [0.4, 0.5) is 0 Å². The Labute approximate surface area is 116 Å². The second kappa shape index (κ2) is 5.16. The molecule has 19 heavy (non-hydrogen) atoms. The zero-order valence-electron chi connectivity index (χ0n) is 12.6. The van der Waals surface area contributed by atoms with Crippen molar-refractivity contribution in [3.05, 3.63) is 53.2 Å². The van der Waals surface area contributed by atoms with E-state index in [1.807, 2.05) is 6.20 Å². The lowest BCUT2D eigenvalue weighted by Gasteiger charge is -2.26. The van der Waals surface area contributed by atoms with Gasteiger partial charge >= 0.3 is 0 Å². The monoisotopic (exact) mass is 253 g/mol. The highest BCUT2D eigenvalue weighted by atomic mass is 14.7. The zero-order valence-corrected chi connectivity index (χ0v) is 12.6. The Morgan fingerprint density at radius 1 is 1.00 bits per heavy atom. The van der Waals surface area contributed by atoms with Crippen molar-refractivity contribution in [2.45, 2.75) is 46.5 Å². The van der Waals surface area contributed by atoms with E-state index < -0.39 is 0 Å². The maximum absolute atomic E-state index is 4.59. The largest absolute Gasteiger partial charge is 0.256 e. The molecule has 0 unspecified atom stereocenters. The molecule has 1 aromatic carbocycles. The van der Waals surface area contributed by atoms with Crippen LogP contribution in [0.3, 0.4) is 0 Å². The molecule has 0 amide bonds. The maximum Gasteiger partial charge on any atom is 0.0705 e. The predicted molar refractivity (Wildman–Crippen MR) is 82.5 cm³/mol. The van der Waals surface area contributed by atoms with Gasteiger partial charge in [0.25, 0.3) is 0 Å². The van der Waals surface area contributed by atoms with Crippen molar-refractivity contribution in [3.8, 4) is 11.3 Å². The Hall–Kier alpha value is -1.63. The minimum atomic E-state index is 0.175. The molecule has 0 radical (unpaired) electrons. The van der Waals surface area contributed by atoms with Crippen LogP contribution in [0.5, 0.6) is 0 Å². The maximum atomic E-state index is 4.59. The van der Waals surface area contributed by atoms with E-state index in [0.29, 0.717) is 0 Å². The van der Waals surface area contributed by atoms with E-state index in [9.17, 15) is 0 Å². The van der Waals surface area contributed by atoms with Gasteiger partial charge in [0.05, 0.1) is 5.69 Å². The van der Waals surface area contributed by atoms with Crippen molar-refractivity contribution in [2.75, 3.05) is 0 Å². The number of hydrogen-bond donors (Lipinski definition) is 0. The van der Waals surface area contributed by atoms with Crippen molar-refractivity contribution in [1.82, 2.24) is 4.98 Å². The van der Waals surface area contributed by atoms with Crippen LogP contribution in [-0.4, -0.2) is 4.98 Å². The summed E-state index contributed by atoms with van der Waals surface area (Å²) in [6.07, 6.45) is 3.06. The summed E-state index contributed by atoms with van der Waals surface area (Å²) in [6.45, 7) is 11.1. The highest BCUT2D eigenvalue weighted by Gasteiger charge is 2.22. The van der Waals surface area contributed by atoms with Crippen LogP contribution in [0.25, 0.3) is 11.3 Å². The third-order valence-corrected chi connectivity index (χ3v) is 3.98. The number of nitrogens with zero attached hydrogens (tertiary/aromatic N) is 1. The molecule has 0 atom stereocenters. The fourth-order valence-electron chi connectivity index (χ4n) is 2.26. The molecule has 0 spiro atoms. The van der Waals surface area contributed by atoms with Gasteiger partial charge in [0.1, 0.15) is 0 Å². The van der Waals surface area contributed by atoms with Gasteiger partial charge in [-0.2, -0.15) is 0 Å². The standard InChI is InChI=1S/C18H23N/c1-6-18(4,5)16-11-13(2)7-9-15(16)17-10-8-14(3)12-19-17/h7-12H,6H2,1-5H3. The Bertz CT molecular complexity index is 565. The Balaban J connectivity index is 2.60. The summed E-state index contributed by atoms with van der Waals surface area (Å²) >= 11 is 0. The van der Waals surface area contributed by atoms with Crippen LogP contribution < -0.4 is 0 Å². The third-order valence-electron chi connectivity index (χ3n) is 3.98. The molecule has 1 heterocycles. The van der Waals surface area contributed by atoms with E-state index in [-0.39, 0.29) is 5.41 Å². The first kappa shape index (κ1) is 13.8. The molecule has 0 aliphatic heterocycles. The molecular weight excluding hydrogens is 230 g/mol. The molecule has 100 valence electrons. The van der Waals surface area contributed by atoms with Crippen LogP contribution in [-0.2, 0) is 5.41 Å². The van der Waals surface area contributed by atoms with Crippen molar-refractivity contribution in [1.29, 1.82) is 0 Å². The minimum absolute atomic E-state index is 0.175. The van der Waals surface area contributed by atoms with Gasteiger partial charge < -0.3 is 0 Å².